The Labute approximate surface area is 155 Å². The van der Waals surface area contributed by atoms with E-state index < -0.39 is 18.8 Å². The van der Waals surface area contributed by atoms with E-state index in [2.05, 4.69) is 0 Å². The van der Waals surface area contributed by atoms with Crippen molar-refractivity contribution in [3.8, 4) is 17.2 Å². The zero-order valence-electron chi connectivity index (χ0n) is 14.7. The van der Waals surface area contributed by atoms with Crippen molar-refractivity contribution in [2.75, 3.05) is 20.8 Å². The second-order valence-corrected chi connectivity index (χ2v) is 7.20. The largest absolute Gasteiger partial charge is 0.530 e. The molecule has 144 valence electrons. The van der Waals surface area contributed by atoms with Gasteiger partial charge in [-0.15, -0.1) is 0 Å². The Balaban J connectivity index is 1.78. The molecule has 0 saturated carbocycles. The number of nitro benzene ring substituents is 1. The molecule has 3 rings (SSSR count). The molecule has 27 heavy (non-hydrogen) atoms. The molecule has 0 radical (unpaired) electrons. The summed E-state index contributed by atoms with van der Waals surface area (Å²) >= 11 is 0. The number of phosphoric acid groups is 1. The SMILES string of the molecule is COc1cc(OC)cc([C@@H]2CCO[P@@](=O)(Oc3ccc([N+](=O)[O-])cc3)O2)c1. The van der Waals surface area contributed by atoms with Crippen molar-refractivity contribution < 1.29 is 32.5 Å². The van der Waals surface area contributed by atoms with Crippen LogP contribution in [-0.2, 0) is 13.6 Å². The van der Waals surface area contributed by atoms with Gasteiger partial charge in [-0.3, -0.25) is 19.2 Å². The van der Waals surface area contributed by atoms with Crippen LogP contribution in [0.1, 0.15) is 18.1 Å². The van der Waals surface area contributed by atoms with Crippen molar-refractivity contribution >= 4 is 13.5 Å². The maximum absolute atomic E-state index is 12.9. The Morgan fingerprint density at radius 3 is 2.26 bits per heavy atom. The Morgan fingerprint density at radius 1 is 1.07 bits per heavy atom. The number of nitrogens with zero attached hydrogens (tertiary/aromatic N) is 1. The maximum Gasteiger partial charge on any atom is 0.530 e. The summed E-state index contributed by atoms with van der Waals surface area (Å²) in [4.78, 5) is 10.2. The molecule has 10 heteroatoms. The number of phosphoric ester groups is 1. The van der Waals surface area contributed by atoms with E-state index in [0.29, 0.717) is 23.5 Å². The molecule has 9 nitrogen and oxygen atoms in total. The zero-order valence-corrected chi connectivity index (χ0v) is 15.6. The van der Waals surface area contributed by atoms with E-state index in [1.54, 1.807) is 18.2 Å². The van der Waals surface area contributed by atoms with E-state index in [0.717, 1.165) is 0 Å². The fraction of sp³-hybridized carbons (Fsp3) is 0.294. The van der Waals surface area contributed by atoms with Crippen molar-refractivity contribution in [2.45, 2.75) is 12.5 Å². The molecule has 1 saturated heterocycles. The van der Waals surface area contributed by atoms with Crippen LogP contribution in [0, 0.1) is 10.1 Å². The van der Waals surface area contributed by atoms with Crippen molar-refractivity contribution in [1.29, 1.82) is 0 Å². The number of non-ortho nitro benzene ring substituents is 1. The predicted octanol–water partition coefficient (Wildman–Crippen LogP) is 4.28. The average Bonchev–Trinajstić information content (AvgIpc) is 2.67. The molecular formula is C17H18NO8P. The molecule has 0 spiro atoms. The molecule has 0 aromatic heterocycles. The first-order valence-corrected chi connectivity index (χ1v) is 9.48. The Morgan fingerprint density at radius 2 is 1.70 bits per heavy atom. The van der Waals surface area contributed by atoms with Crippen molar-refractivity contribution in [3.63, 3.8) is 0 Å². The first-order chi connectivity index (χ1) is 12.9. The standard InChI is InChI=1S/C17H18NO8P/c1-22-15-9-12(10-16(11-15)23-2)17-7-8-24-27(21,26-17)25-14-5-3-13(4-6-14)18(19)20/h3-6,9-11,17H,7-8H2,1-2H3/t17-,27-/m0/s1. The van der Waals surface area contributed by atoms with E-state index in [1.807, 2.05) is 0 Å². The van der Waals surface area contributed by atoms with E-state index >= 15 is 0 Å². The van der Waals surface area contributed by atoms with Crippen LogP contribution in [0.25, 0.3) is 0 Å². The summed E-state index contributed by atoms with van der Waals surface area (Å²) in [6, 6.07) is 10.4. The number of hydrogen-bond acceptors (Lipinski definition) is 8. The summed E-state index contributed by atoms with van der Waals surface area (Å²) in [5.74, 6) is 1.30. The molecule has 0 bridgehead atoms. The summed E-state index contributed by atoms with van der Waals surface area (Å²) in [7, 11) is -0.827. The lowest BCUT2D eigenvalue weighted by Crippen LogP contribution is -2.16. The van der Waals surface area contributed by atoms with Gasteiger partial charge in [0.2, 0.25) is 0 Å². The van der Waals surface area contributed by atoms with Gasteiger partial charge in [0.05, 0.1) is 31.9 Å². The lowest BCUT2D eigenvalue weighted by Gasteiger charge is -2.29. The van der Waals surface area contributed by atoms with Crippen molar-refractivity contribution in [1.82, 2.24) is 0 Å². The minimum absolute atomic E-state index is 0.104. The highest BCUT2D eigenvalue weighted by Gasteiger charge is 2.38. The number of nitro groups is 1. The van der Waals surface area contributed by atoms with Crippen molar-refractivity contribution in [3.05, 3.63) is 58.1 Å². The third kappa shape index (κ3) is 4.57. The van der Waals surface area contributed by atoms with Crippen molar-refractivity contribution in [2.24, 2.45) is 0 Å². The van der Waals surface area contributed by atoms with Crippen LogP contribution in [0.3, 0.4) is 0 Å². The topological polar surface area (TPSA) is 106 Å². The van der Waals surface area contributed by atoms with Crippen LogP contribution in [0.2, 0.25) is 0 Å². The van der Waals surface area contributed by atoms with Crippen LogP contribution in [-0.4, -0.2) is 25.7 Å². The Kier molecular flexibility index (Phi) is 5.65. The molecule has 0 N–H and O–H groups in total. The third-order valence-electron chi connectivity index (χ3n) is 3.90. The summed E-state index contributed by atoms with van der Waals surface area (Å²) in [5.41, 5.74) is 0.606. The van der Waals surface area contributed by atoms with Gasteiger partial charge in [-0.05, 0) is 29.8 Å². The van der Waals surface area contributed by atoms with Gasteiger partial charge in [0, 0.05) is 24.6 Å². The summed E-state index contributed by atoms with van der Waals surface area (Å²) in [6.45, 7) is 0.161. The van der Waals surface area contributed by atoms with Gasteiger partial charge in [0.25, 0.3) is 5.69 Å². The summed E-state index contributed by atoms with van der Waals surface area (Å²) in [6.07, 6.45) is -0.0872. The summed E-state index contributed by atoms with van der Waals surface area (Å²) in [5, 5.41) is 10.7. The second-order valence-electron chi connectivity index (χ2n) is 5.65. The van der Waals surface area contributed by atoms with Crippen LogP contribution >= 0.6 is 7.82 Å². The minimum Gasteiger partial charge on any atom is -0.497 e. The smallest absolute Gasteiger partial charge is 0.497 e. The van der Waals surface area contributed by atoms with Gasteiger partial charge in [0.1, 0.15) is 17.2 Å². The number of rotatable bonds is 6. The fourth-order valence-corrected chi connectivity index (χ4v) is 3.96. The van der Waals surface area contributed by atoms with E-state index in [9.17, 15) is 14.7 Å². The van der Waals surface area contributed by atoms with Gasteiger partial charge < -0.3 is 14.0 Å². The molecule has 0 amide bonds. The molecule has 0 unspecified atom stereocenters. The molecule has 0 aliphatic carbocycles. The monoisotopic (exact) mass is 395 g/mol. The minimum atomic E-state index is -3.89. The predicted molar refractivity (Wildman–Crippen MR) is 95.3 cm³/mol. The first-order valence-electron chi connectivity index (χ1n) is 8.02. The van der Waals surface area contributed by atoms with Gasteiger partial charge in [0.15, 0.2) is 0 Å². The quantitative estimate of drug-likeness (QED) is 0.405. The molecule has 1 fully saturated rings. The maximum atomic E-state index is 12.9. The number of benzene rings is 2. The molecular weight excluding hydrogens is 377 g/mol. The Bertz CT molecular complexity index is 847. The average molecular weight is 395 g/mol. The molecule has 1 heterocycles. The highest BCUT2D eigenvalue weighted by molar-refractivity contribution is 7.49. The molecule has 2 aromatic rings. The van der Waals surface area contributed by atoms with Gasteiger partial charge in [-0.1, -0.05) is 0 Å². The van der Waals surface area contributed by atoms with E-state index in [1.165, 1.54) is 38.5 Å². The van der Waals surface area contributed by atoms with Crippen LogP contribution in [0.4, 0.5) is 5.69 Å². The third-order valence-corrected chi connectivity index (χ3v) is 5.34. The van der Waals surface area contributed by atoms with E-state index in [-0.39, 0.29) is 18.0 Å². The lowest BCUT2D eigenvalue weighted by atomic mass is 10.1. The molecule has 1 aliphatic rings. The van der Waals surface area contributed by atoms with Crippen LogP contribution < -0.4 is 14.0 Å². The van der Waals surface area contributed by atoms with Gasteiger partial charge >= 0.3 is 7.82 Å². The normalized spacial score (nSPS) is 22.1. The fourth-order valence-electron chi connectivity index (χ4n) is 2.56. The van der Waals surface area contributed by atoms with Crippen LogP contribution in [0.5, 0.6) is 17.2 Å². The second kappa shape index (κ2) is 7.96. The molecule has 1 aliphatic heterocycles. The number of methoxy groups -OCH3 is 2. The van der Waals surface area contributed by atoms with E-state index in [4.69, 9.17) is 23.0 Å². The first kappa shape index (κ1) is 19.2. The molecule has 2 atom stereocenters. The highest BCUT2D eigenvalue weighted by Crippen LogP contribution is 2.57. The number of hydrogen-bond donors (Lipinski definition) is 0. The Hall–Kier alpha value is -2.61. The molecule has 2 aromatic carbocycles. The number of ether oxygens (including phenoxy) is 2. The summed E-state index contributed by atoms with van der Waals surface area (Å²) < 4.78 is 39.5. The van der Waals surface area contributed by atoms with Gasteiger partial charge in [-0.25, -0.2) is 4.57 Å². The van der Waals surface area contributed by atoms with Gasteiger partial charge in [-0.2, -0.15) is 0 Å². The van der Waals surface area contributed by atoms with Crippen LogP contribution in [0.15, 0.2) is 42.5 Å². The zero-order chi connectivity index (χ0) is 19.4. The highest BCUT2D eigenvalue weighted by atomic mass is 31.2. The lowest BCUT2D eigenvalue weighted by molar-refractivity contribution is -0.384.